The zero-order valence-electron chi connectivity index (χ0n) is 18.1. The zero-order chi connectivity index (χ0) is 26.0. The summed E-state index contributed by atoms with van der Waals surface area (Å²) in [6.07, 6.45) is 0. The van der Waals surface area contributed by atoms with Crippen molar-refractivity contribution in [3.63, 3.8) is 0 Å². The normalized spacial score (nSPS) is 12.3. The Kier molecular flexibility index (Phi) is 7.13. The lowest BCUT2D eigenvalue weighted by molar-refractivity contribution is -0.385. The minimum Gasteiger partial charge on any atom is -0.456 e. The van der Waals surface area contributed by atoms with Gasteiger partial charge in [0.2, 0.25) is 5.75 Å². The minimum absolute atomic E-state index is 0.0435. The van der Waals surface area contributed by atoms with E-state index in [4.69, 9.17) is 21.1 Å². The molecule has 0 radical (unpaired) electrons. The van der Waals surface area contributed by atoms with E-state index in [0.29, 0.717) is 4.47 Å². The van der Waals surface area contributed by atoms with Crippen molar-refractivity contribution < 1.29 is 33.6 Å². The summed E-state index contributed by atoms with van der Waals surface area (Å²) in [6, 6.07) is 14.3. The van der Waals surface area contributed by atoms with Crippen molar-refractivity contribution in [2.75, 3.05) is 13.2 Å². The number of nitro benzene ring substituents is 1. The number of rotatable bonds is 8. The molecule has 0 saturated carbocycles. The van der Waals surface area contributed by atoms with Gasteiger partial charge in [0.25, 0.3) is 11.8 Å². The highest BCUT2D eigenvalue weighted by molar-refractivity contribution is 9.10. The Morgan fingerprint density at radius 1 is 1.00 bits per heavy atom. The molecule has 36 heavy (non-hydrogen) atoms. The number of ketones is 1. The van der Waals surface area contributed by atoms with Gasteiger partial charge in [-0.2, -0.15) is 0 Å². The van der Waals surface area contributed by atoms with Gasteiger partial charge >= 0.3 is 11.7 Å². The van der Waals surface area contributed by atoms with Gasteiger partial charge < -0.3 is 9.47 Å². The SMILES string of the molecule is O=C(CN1C(=O)c2ccc(Br)cc2C1=O)OCC(=O)c1ccc(Oc2c(Cl)cccc2[N+](=O)[O-])cc1. The van der Waals surface area contributed by atoms with Gasteiger partial charge in [0, 0.05) is 16.1 Å². The van der Waals surface area contributed by atoms with E-state index in [-0.39, 0.29) is 38.9 Å². The number of hydrogen-bond donors (Lipinski definition) is 0. The van der Waals surface area contributed by atoms with Crippen molar-refractivity contribution in [2.45, 2.75) is 0 Å². The summed E-state index contributed by atoms with van der Waals surface area (Å²) in [7, 11) is 0. The highest BCUT2D eigenvalue weighted by Crippen LogP contribution is 2.37. The Hall–Kier alpha value is -4.09. The highest BCUT2D eigenvalue weighted by atomic mass is 79.9. The first-order chi connectivity index (χ1) is 17.2. The van der Waals surface area contributed by atoms with E-state index in [2.05, 4.69) is 15.9 Å². The maximum atomic E-state index is 12.4. The van der Waals surface area contributed by atoms with Gasteiger partial charge in [0.15, 0.2) is 12.4 Å². The summed E-state index contributed by atoms with van der Waals surface area (Å²) in [6.45, 7) is -1.26. The van der Waals surface area contributed by atoms with Gasteiger partial charge in [-0.1, -0.05) is 33.6 Å². The number of Topliss-reactive ketones (excluding diaryl/α,β-unsaturated/α-hetero) is 1. The molecule has 0 aliphatic carbocycles. The van der Waals surface area contributed by atoms with E-state index in [1.54, 1.807) is 6.07 Å². The number of fused-ring (bicyclic) bond motifs is 1. The summed E-state index contributed by atoms with van der Waals surface area (Å²) < 4.78 is 11.1. The Balaban J connectivity index is 1.34. The van der Waals surface area contributed by atoms with Crippen molar-refractivity contribution in [3.8, 4) is 11.5 Å². The predicted molar refractivity (Wildman–Crippen MR) is 129 cm³/mol. The van der Waals surface area contributed by atoms with Crippen LogP contribution < -0.4 is 4.74 Å². The van der Waals surface area contributed by atoms with Crippen molar-refractivity contribution in [1.82, 2.24) is 4.90 Å². The largest absolute Gasteiger partial charge is 0.456 e. The fourth-order valence-electron chi connectivity index (χ4n) is 3.38. The van der Waals surface area contributed by atoms with Crippen LogP contribution in [0.4, 0.5) is 5.69 Å². The van der Waals surface area contributed by atoms with Gasteiger partial charge in [0.05, 0.1) is 21.1 Å². The van der Waals surface area contributed by atoms with E-state index in [0.717, 1.165) is 4.90 Å². The van der Waals surface area contributed by atoms with Crippen molar-refractivity contribution >= 4 is 56.8 Å². The monoisotopic (exact) mass is 572 g/mol. The Morgan fingerprint density at radius 2 is 1.69 bits per heavy atom. The van der Waals surface area contributed by atoms with E-state index < -0.39 is 41.6 Å². The number of nitro groups is 1. The molecule has 0 N–H and O–H groups in total. The maximum Gasteiger partial charge on any atom is 0.326 e. The first kappa shape index (κ1) is 25.0. The number of ether oxygens (including phenoxy) is 2. The molecular weight excluding hydrogens is 560 g/mol. The molecule has 10 nitrogen and oxygen atoms in total. The topological polar surface area (TPSA) is 133 Å². The average Bonchev–Trinajstić information content (AvgIpc) is 3.08. The number of para-hydroxylation sites is 1. The van der Waals surface area contributed by atoms with Crippen LogP contribution in [0.1, 0.15) is 31.1 Å². The number of hydrogen-bond acceptors (Lipinski definition) is 8. The molecule has 0 saturated heterocycles. The lowest BCUT2D eigenvalue weighted by atomic mass is 10.1. The van der Waals surface area contributed by atoms with Crippen LogP contribution in [-0.2, 0) is 9.53 Å². The number of esters is 1. The van der Waals surface area contributed by atoms with E-state index in [9.17, 15) is 29.3 Å². The van der Waals surface area contributed by atoms with Crippen molar-refractivity contribution in [1.29, 1.82) is 0 Å². The Labute approximate surface area is 216 Å². The first-order valence-corrected chi connectivity index (χ1v) is 11.4. The Bertz CT molecular complexity index is 1420. The number of halogens is 2. The summed E-state index contributed by atoms with van der Waals surface area (Å²) in [5.74, 6) is -2.68. The zero-order valence-corrected chi connectivity index (χ0v) is 20.4. The van der Waals surface area contributed by atoms with Gasteiger partial charge in [-0.25, -0.2) is 0 Å². The van der Waals surface area contributed by atoms with Crippen LogP contribution in [0, 0.1) is 10.1 Å². The fraction of sp³-hybridized carbons (Fsp3) is 0.0833. The number of carbonyl (C=O) groups excluding carboxylic acids is 4. The van der Waals surface area contributed by atoms with Crippen LogP contribution in [0.2, 0.25) is 5.02 Å². The molecule has 1 aliphatic heterocycles. The van der Waals surface area contributed by atoms with Gasteiger partial charge in [-0.15, -0.1) is 0 Å². The molecule has 3 aromatic rings. The van der Waals surface area contributed by atoms with Crippen molar-refractivity contribution in [2.24, 2.45) is 0 Å². The summed E-state index contributed by atoms with van der Waals surface area (Å²) in [4.78, 5) is 60.8. The number of carbonyl (C=O) groups is 4. The molecule has 4 rings (SSSR count). The van der Waals surface area contributed by atoms with Gasteiger partial charge in [0.1, 0.15) is 12.3 Å². The second-order valence-corrected chi connectivity index (χ2v) is 8.76. The molecular formula is C24H14BrClN2O8. The minimum atomic E-state index is -0.928. The first-order valence-electron chi connectivity index (χ1n) is 10.2. The molecule has 3 aromatic carbocycles. The van der Waals surface area contributed by atoms with Gasteiger partial charge in [-0.3, -0.25) is 34.2 Å². The third-order valence-electron chi connectivity index (χ3n) is 5.12. The van der Waals surface area contributed by atoms with E-state index in [1.807, 2.05) is 0 Å². The number of imide groups is 1. The van der Waals surface area contributed by atoms with E-state index >= 15 is 0 Å². The molecule has 0 bridgehead atoms. The van der Waals surface area contributed by atoms with E-state index in [1.165, 1.54) is 54.6 Å². The molecule has 0 unspecified atom stereocenters. The fourth-order valence-corrected chi connectivity index (χ4v) is 3.95. The third-order valence-corrected chi connectivity index (χ3v) is 5.91. The number of amides is 2. The third kappa shape index (κ3) is 5.11. The number of benzene rings is 3. The highest BCUT2D eigenvalue weighted by Gasteiger charge is 2.37. The molecule has 1 aliphatic rings. The summed E-state index contributed by atoms with van der Waals surface area (Å²) in [5.41, 5.74) is 0.203. The van der Waals surface area contributed by atoms with Crippen LogP contribution in [0.25, 0.3) is 0 Å². The predicted octanol–water partition coefficient (Wildman–Crippen LogP) is 4.83. The van der Waals surface area contributed by atoms with Crippen LogP contribution in [0.3, 0.4) is 0 Å². The quantitative estimate of drug-likeness (QED) is 0.123. The Morgan fingerprint density at radius 3 is 2.39 bits per heavy atom. The van der Waals surface area contributed by atoms with Gasteiger partial charge in [-0.05, 0) is 48.5 Å². The summed E-state index contributed by atoms with van der Waals surface area (Å²) >= 11 is 9.24. The molecule has 0 fully saturated rings. The van der Waals surface area contributed by atoms with Crippen LogP contribution in [-0.4, -0.2) is 46.5 Å². The molecule has 0 atom stereocenters. The standard InChI is InChI=1S/C24H14BrClN2O8/c25-14-6-9-16-17(10-14)24(32)27(23(16)31)11-21(30)35-12-20(29)13-4-7-15(8-5-13)36-22-18(26)2-1-3-19(22)28(33)34/h1-10H,11-12H2. The maximum absolute atomic E-state index is 12.4. The van der Waals surface area contributed by atoms with Crippen LogP contribution >= 0.6 is 27.5 Å². The second-order valence-electron chi connectivity index (χ2n) is 7.44. The lowest BCUT2D eigenvalue weighted by Gasteiger charge is -2.13. The van der Waals surface area contributed by atoms with Crippen molar-refractivity contribution in [3.05, 3.63) is 97.0 Å². The molecule has 0 aromatic heterocycles. The van der Waals surface area contributed by atoms with Crippen LogP contribution in [0.5, 0.6) is 11.5 Å². The molecule has 182 valence electrons. The molecule has 2 amide bonds. The average molecular weight is 574 g/mol. The number of nitrogens with zero attached hydrogens (tertiary/aromatic N) is 2. The smallest absolute Gasteiger partial charge is 0.326 e. The molecule has 1 heterocycles. The lowest BCUT2D eigenvalue weighted by Crippen LogP contribution is -2.36. The second kappa shape index (κ2) is 10.3. The summed E-state index contributed by atoms with van der Waals surface area (Å²) in [5, 5.41) is 11.2. The van der Waals surface area contributed by atoms with Crippen LogP contribution in [0.15, 0.2) is 65.1 Å². The molecule has 12 heteroatoms. The molecule has 0 spiro atoms.